The molecule has 8 atom stereocenters. The summed E-state index contributed by atoms with van der Waals surface area (Å²) in [6.07, 6.45) is 5.56. The molecule has 0 heterocycles. The number of hydrogen-bond donors (Lipinski definition) is 12. The Morgan fingerprint density at radius 2 is 0.510 bits per heavy atom. The molecule has 0 bridgehead atoms. The lowest BCUT2D eigenvalue weighted by Crippen LogP contribution is -2.57. The zero-order valence-corrected chi connectivity index (χ0v) is 53.3. The van der Waals surface area contributed by atoms with Gasteiger partial charge in [-0.1, -0.05) is 194 Å². The summed E-state index contributed by atoms with van der Waals surface area (Å²) in [5, 5.41) is 57.8. The van der Waals surface area contributed by atoms with E-state index in [4.69, 9.17) is 0 Å². The van der Waals surface area contributed by atoms with Gasteiger partial charge in [-0.15, -0.1) is 0 Å². The second-order valence-corrected chi connectivity index (χ2v) is 23.0. The van der Waals surface area contributed by atoms with Crippen LogP contribution in [0, 0.1) is 0 Å². The highest BCUT2D eigenvalue weighted by atomic mass is 16.4. The third-order valence-electron chi connectivity index (χ3n) is 15.3. The lowest BCUT2D eigenvalue weighted by Gasteiger charge is -2.24. The molecule has 24 nitrogen and oxygen atoms in total. The predicted molar refractivity (Wildman–Crippen MR) is 363 cm³/mol. The van der Waals surface area contributed by atoms with Crippen molar-refractivity contribution in [1.29, 1.82) is 0 Å². The van der Waals surface area contributed by atoms with Crippen molar-refractivity contribution >= 4 is 95.4 Å². The van der Waals surface area contributed by atoms with Gasteiger partial charge in [-0.2, -0.15) is 0 Å². The second-order valence-electron chi connectivity index (χ2n) is 23.0. The van der Waals surface area contributed by atoms with Crippen LogP contribution in [0.25, 0.3) is 24.3 Å². The van der Waals surface area contributed by atoms with E-state index in [1.165, 1.54) is 13.8 Å². The summed E-state index contributed by atoms with van der Waals surface area (Å²) in [5.41, 5.74) is 6.34. The molecule has 7 rings (SSSR count). The highest BCUT2D eigenvalue weighted by Gasteiger charge is 2.34. The van der Waals surface area contributed by atoms with E-state index < -0.39 is 132 Å². The van der Waals surface area contributed by atoms with Gasteiger partial charge >= 0.3 is 23.9 Å². The van der Waals surface area contributed by atoms with Crippen LogP contribution in [0.2, 0.25) is 0 Å². The quantitative estimate of drug-likeness (QED) is 0.0229. The van der Waals surface area contributed by atoms with E-state index in [2.05, 4.69) is 42.5 Å². The normalized spacial score (nSPS) is 13.5. The average Bonchev–Trinajstić information content (AvgIpc) is 0.893. The molecule has 7 aromatic rings. The topological polar surface area (TPSA) is 382 Å². The third-order valence-corrected chi connectivity index (χ3v) is 15.3. The SMILES string of the molecule is C[C@H](NC(=O)[C@H](Cc1ccccc1)NC(=O)c1ccc(/C=C\c2ccc(/C=C/c3ccc(C(=O)N[C@@H](Cc4ccccc4)C(=O)N[C@@H](C)C(=O)N[C@@H](Cc4ccccc4)C(=O)N[C@@H](CC(=O)O)C(=O)O)cc3)cc2)cc1)C(=O)N[C@@H](Cc1ccccc1)C(=O)N[C@@H](CC(=O)O)C(=O)O. The van der Waals surface area contributed by atoms with E-state index in [-0.39, 0.29) is 36.8 Å². The molecular formula is C74H74N8O16. The number of carbonyl (C=O) groups excluding carboxylic acids is 8. The number of carboxylic acids is 4. The highest BCUT2D eigenvalue weighted by Crippen LogP contribution is 2.17. The first-order valence-electron chi connectivity index (χ1n) is 31.1. The fourth-order valence-electron chi connectivity index (χ4n) is 9.96. The first-order valence-corrected chi connectivity index (χ1v) is 31.1. The molecular weight excluding hydrogens is 1260 g/mol. The highest BCUT2D eigenvalue weighted by molar-refractivity contribution is 6.01. The van der Waals surface area contributed by atoms with Crippen LogP contribution in [0.15, 0.2) is 194 Å². The van der Waals surface area contributed by atoms with Crippen LogP contribution in [-0.2, 0) is 73.6 Å². The van der Waals surface area contributed by atoms with Crippen molar-refractivity contribution in [2.75, 3.05) is 0 Å². The summed E-state index contributed by atoms with van der Waals surface area (Å²) in [6.45, 7) is 2.74. The van der Waals surface area contributed by atoms with Crippen molar-refractivity contribution in [3.05, 3.63) is 250 Å². The van der Waals surface area contributed by atoms with Crippen LogP contribution in [0.5, 0.6) is 0 Å². The maximum Gasteiger partial charge on any atom is 0.326 e. The van der Waals surface area contributed by atoms with E-state index in [0.717, 1.165) is 22.3 Å². The summed E-state index contributed by atoms with van der Waals surface area (Å²) in [7, 11) is 0. The van der Waals surface area contributed by atoms with Crippen molar-refractivity contribution in [2.45, 2.75) is 101 Å². The van der Waals surface area contributed by atoms with Crippen LogP contribution in [0.4, 0.5) is 0 Å². The standard InChI is InChI=1S/C74H74N8O16/c1-45(65(87)77-59(41-53-19-11-5-12-20-53)71(93)81-61(73(95)96)43-63(83)84)75-69(91)57(39-51-15-7-3-8-16-51)79-67(89)55-35-31-49(32-36-55)29-27-47-23-25-48(26-24-47)28-30-50-33-37-56(38-34-50)68(90)80-58(40-52-17-9-4-10-18-52)70(92)76-46(2)66(88)78-60(42-54-21-13-6-14-22-54)72(94)82-62(74(97)98)44-64(85)86/h3-38,45-46,57-62H,39-44H2,1-2H3,(H,75,91)(H,76,92)(H,77,87)(H,78,88)(H,79,89)(H,80,90)(H,81,93)(H,82,94)(H,83,84)(H,85,86)(H,95,96)(H,97,98)/b29-27-,30-28+/t45-,46-,57-,58-,59-,60-,61-,62-/m0/s1. The predicted octanol–water partition coefficient (Wildman–Crippen LogP) is 5.26. The fraction of sp³-hybridized carbons (Fsp3) is 0.216. The Hall–Kier alpha value is -12.3. The van der Waals surface area contributed by atoms with E-state index in [0.29, 0.717) is 22.3 Å². The number of benzene rings is 7. The molecule has 0 radical (unpaired) electrons. The number of carboxylic acid groups (broad SMARTS) is 4. The van der Waals surface area contributed by atoms with Crippen LogP contribution in [0.1, 0.15) is 91.9 Å². The number of nitrogens with one attached hydrogen (secondary N) is 8. The smallest absolute Gasteiger partial charge is 0.326 e. The van der Waals surface area contributed by atoms with E-state index >= 15 is 0 Å². The molecule has 12 N–H and O–H groups in total. The molecule has 98 heavy (non-hydrogen) atoms. The minimum atomic E-state index is -1.78. The molecule has 8 amide bonds. The van der Waals surface area contributed by atoms with Crippen molar-refractivity contribution < 1.29 is 78.0 Å². The Balaban J connectivity index is 0.928. The molecule has 7 aromatic carbocycles. The molecule has 0 fully saturated rings. The minimum absolute atomic E-state index is 0.0425. The largest absolute Gasteiger partial charge is 0.481 e. The molecule has 24 heteroatoms. The van der Waals surface area contributed by atoms with Crippen molar-refractivity contribution in [3.63, 3.8) is 0 Å². The molecule has 0 saturated heterocycles. The summed E-state index contributed by atoms with van der Waals surface area (Å²) in [6, 6.07) is 44.5. The molecule has 506 valence electrons. The lowest BCUT2D eigenvalue weighted by atomic mass is 10.0. The fourth-order valence-corrected chi connectivity index (χ4v) is 9.96. The summed E-state index contributed by atoms with van der Waals surface area (Å²) in [5.74, 6) is -12.2. The lowest BCUT2D eigenvalue weighted by molar-refractivity contribution is -0.147. The van der Waals surface area contributed by atoms with Gasteiger partial charge in [0.15, 0.2) is 0 Å². The first-order chi connectivity index (χ1) is 47.0. The number of rotatable bonds is 34. The molecule has 0 aliphatic carbocycles. The van der Waals surface area contributed by atoms with E-state index in [1.54, 1.807) is 170 Å². The molecule has 0 spiro atoms. The van der Waals surface area contributed by atoms with Crippen LogP contribution < -0.4 is 42.5 Å². The Labute approximate surface area is 564 Å². The number of hydrogen-bond acceptors (Lipinski definition) is 12. The maximum atomic E-state index is 13.9. The Morgan fingerprint density at radius 1 is 0.286 bits per heavy atom. The third kappa shape index (κ3) is 23.6. The zero-order valence-electron chi connectivity index (χ0n) is 53.3. The van der Waals surface area contributed by atoms with Gasteiger partial charge in [-0.3, -0.25) is 47.9 Å². The van der Waals surface area contributed by atoms with Crippen molar-refractivity contribution in [3.8, 4) is 0 Å². The Morgan fingerprint density at radius 3 is 0.755 bits per heavy atom. The molecule has 0 aliphatic rings. The molecule has 0 aromatic heterocycles. The van der Waals surface area contributed by atoms with Crippen LogP contribution in [0.3, 0.4) is 0 Å². The second kappa shape index (κ2) is 36.4. The summed E-state index contributed by atoms with van der Waals surface area (Å²) in [4.78, 5) is 156. The number of amides is 8. The van der Waals surface area contributed by atoms with Gasteiger partial charge in [-0.25, -0.2) is 9.59 Å². The Kier molecular flexibility index (Phi) is 27.1. The van der Waals surface area contributed by atoms with Gasteiger partial charge in [0, 0.05) is 36.8 Å². The molecule has 0 saturated carbocycles. The molecule has 0 aliphatic heterocycles. The van der Waals surface area contributed by atoms with E-state index in [9.17, 15) is 78.0 Å². The van der Waals surface area contributed by atoms with Crippen molar-refractivity contribution in [1.82, 2.24) is 42.5 Å². The van der Waals surface area contributed by atoms with Gasteiger partial charge in [-0.05, 0) is 82.6 Å². The maximum absolute atomic E-state index is 13.9. The monoisotopic (exact) mass is 1330 g/mol. The number of carbonyl (C=O) groups is 12. The van der Waals surface area contributed by atoms with Crippen LogP contribution >= 0.6 is 0 Å². The van der Waals surface area contributed by atoms with Gasteiger partial charge < -0.3 is 63.0 Å². The summed E-state index contributed by atoms with van der Waals surface area (Å²) < 4.78 is 0. The van der Waals surface area contributed by atoms with Gasteiger partial charge in [0.2, 0.25) is 35.4 Å². The Bertz CT molecular complexity index is 3750. The minimum Gasteiger partial charge on any atom is -0.481 e. The van der Waals surface area contributed by atoms with Crippen molar-refractivity contribution in [2.24, 2.45) is 0 Å². The average molecular weight is 1330 g/mol. The molecule has 0 unspecified atom stereocenters. The van der Waals surface area contributed by atoms with Gasteiger partial charge in [0.05, 0.1) is 12.8 Å². The zero-order chi connectivity index (χ0) is 70.7. The van der Waals surface area contributed by atoms with Crippen LogP contribution in [-0.4, -0.2) is 140 Å². The van der Waals surface area contributed by atoms with Gasteiger partial charge in [0.1, 0.15) is 48.3 Å². The number of aliphatic carboxylic acids is 4. The van der Waals surface area contributed by atoms with E-state index in [1.807, 2.05) is 48.6 Å². The van der Waals surface area contributed by atoms with Gasteiger partial charge in [0.25, 0.3) is 11.8 Å². The first kappa shape index (κ1) is 73.1. The summed E-state index contributed by atoms with van der Waals surface area (Å²) >= 11 is 0.